The molecule has 1 aliphatic rings. The van der Waals surface area contributed by atoms with Crippen molar-refractivity contribution in [1.29, 1.82) is 0 Å². The average Bonchev–Trinajstić information content (AvgIpc) is 2.90. The van der Waals surface area contributed by atoms with Gasteiger partial charge in [0.1, 0.15) is 5.56 Å². The van der Waals surface area contributed by atoms with Gasteiger partial charge in [0.05, 0.1) is 0 Å². The Bertz CT molecular complexity index is 582. The minimum absolute atomic E-state index is 0.198. The predicted molar refractivity (Wildman–Crippen MR) is 66.2 cm³/mol. The van der Waals surface area contributed by atoms with Crippen LogP contribution in [0.1, 0.15) is 43.8 Å². The summed E-state index contributed by atoms with van der Waals surface area (Å²) in [7, 11) is 0. The van der Waals surface area contributed by atoms with E-state index in [1.54, 1.807) is 18.3 Å². The second-order valence-corrected chi connectivity index (χ2v) is 4.71. The van der Waals surface area contributed by atoms with Gasteiger partial charge in [0.25, 0.3) is 11.4 Å². The van der Waals surface area contributed by atoms with E-state index in [0.29, 0.717) is 17.4 Å². The van der Waals surface area contributed by atoms with Gasteiger partial charge >= 0.3 is 0 Å². The number of H-pyrrole nitrogens is 1. The Kier molecular flexibility index (Phi) is 2.96. The first-order valence-electron chi connectivity index (χ1n) is 6.36. The van der Waals surface area contributed by atoms with E-state index < -0.39 is 0 Å². The normalized spacial score (nSPS) is 16.9. The highest BCUT2D eigenvalue weighted by Gasteiger charge is 2.21. The summed E-state index contributed by atoms with van der Waals surface area (Å²) in [4.78, 5) is 18.6. The molecule has 5 nitrogen and oxygen atoms in total. The highest BCUT2D eigenvalue weighted by Crippen LogP contribution is 2.31. The van der Waals surface area contributed by atoms with Crippen molar-refractivity contribution in [2.45, 2.75) is 38.0 Å². The topological polar surface area (TPSA) is 71.8 Å². The van der Waals surface area contributed by atoms with E-state index in [1.807, 2.05) is 0 Å². The zero-order valence-corrected chi connectivity index (χ0v) is 10.1. The molecule has 2 aromatic heterocycles. The van der Waals surface area contributed by atoms with Crippen molar-refractivity contribution < 1.29 is 4.52 Å². The monoisotopic (exact) mass is 245 g/mol. The second kappa shape index (κ2) is 4.76. The van der Waals surface area contributed by atoms with Gasteiger partial charge < -0.3 is 9.51 Å². The predicted octanol–water partition coefficient (Wildman–Crippen LogP) is 2.47. The Labute approximate surface area is 104 Å². The molecule has 2 heterocycles. The van der Waals surface area contributed by atoms with Gasteiger partial charge in [-0.15, -0.1) is 0 Å². The third-order valence-electron chi connectivity index (χ3n) is 3.46. The number of hydrogen-bond acceptors (Lipinski definition) is 4. The molecule has 0 unspecified atom stereocenters. The molecule has 18 heavy (non-hydrogen) atoms. The van der Waals surface area contributed by atoms with Crippen LogP contribution in [-0.4, -0.2) is 15.1 Å². The summed E-state index contributed by atoms with van der Waals surface area (Å²) in [5.41, 5.74) is 0.239. The average molecular weight is 245 g/mol. The molecule has 0 amide bonds. The molecular formula is C13H15N3O2. The third-order valence-corrected chi connectivity index (χ3v) is 3.46. The van der Waals surface area contributed by atoms with Crippen LogP contribution >= 0.6 is 0 Å². The Morgan fingerprint density at radius 1 is 1.28 bits per heavy atom. The maximum atomic E-state index is 11.6. The maximum absolute atomic E-state index is 11.6. The molecule has 0 aliphatic heterocycles. The van der Waals surface area contributed by atoms with E-state index in [1.165, 1.54) is 19.3 Å². The van der Waals surface area contributed by atoms with Crippen LogP contribution in [0, 0.1) is 0 Å². The van der Waals surface area contributed by atoms with Crippen molar-refractivity contribution in [3.63, 3.8) is 0 Å². The molecule has 0 aromatic carbocycles. The summed E-state index contributed by atoms with van der Waals surface area (Å²) in [5, 5.41) is 4.02. The van der Waals surface area contributed by atoms with E-state index in [4.69, 9.17) is 4.52 Å². The number of rotatable bonds is 2. The van der Waals surface area contributed by atoms with Gasteiger partial charge in [-0.05, 0) is 25.0 Å². The lowest BCUT2D eigenvalue weighted by Gasteiger charge is -2.17. The molecule has 1 N–H and O–H groups in total. The van der Waals surface area contributed by atoms with E-state index in [9.17, 15) is 4.79 Å². The van der Waals surface area contributed by atoms with Gasteiger partial charge in [-0.3, -0.25) is 4.79 Å². The summed E-state index contributed by atoms with van der Waals surface area (Å²) < 4.78 is 5.20. The summed E-state index contributed by atoms with van der Waals surface area (Å²) in [6, 6.07) is 3.44. The maximum Gasteiger partial charge on any atom is 0.263 e. The number of hydrogen-bond donors (Lipinski definition) is 1. The quantitative estimate of drug-likeness (QED) is 0.882. The van der Waals surface area contributed by atoms with Gasteiger partial charge in [0.2, 0.25) is 0 Å². The van der Waals surface area contributed by atoms with Gasteiger partial charge in [-0.1, -0.05) is 24.4 Å². The van der Waals surface area contributed by atoms with Crippen LogP contribution in [0.4, 0.5) is 0 Å². The molecule has 3 rings (SSSR count). The van der Waals surface area contributed by atoms with Crippen molar-refractivity contribution in [3.8, 4) is 11.5 Å². The summed E-state index contributed by atoms with van der Waals surface area (Å²) in [6.07, 6.45) is 7.55. The fraction of sp³-hybridized carbons (Fsp3) is 0.462. The van der Waals surface area contributed by atoms with Crippen molar-refractivity contribution in [1.82, 2.24) is 15.1 Å². The molecule has 1 saturated carbocycles. The highest BCUT2D eigenvalue weighted by atomic mass is 16.5. The Morgan fingerprint density at radius 3 is 2.89 bits per heavy atom. The Morgan fingerprint density at radius 2 is 2.11 bits per heavy atom. The summed E-state index contributed by atoms with van der Waals surface area (Å²) >= 11 is 0. The molecule has 0 radical (unpaired) electrons. The number of nitrogens with one attached hydrogen (secondary N) is 1. The van der Waals surface area contributed by atoms with E-state index in [-0.39, 0.29) is 5.56 Å². The van der Waals surface area contributed by atoms with Crippen molar-refractivity contribution >= 4 is 0 Å². The van der Waals surface area contributed by atoms with Gasteiger partial charge in [-0.25, -0.2) is 0 Å². The molecule has 0 atom stereocenters. The van der Waals surface area contributed by atoms with Crippen LogP contribution in [0.2, 0.25) is 0 Å². The first-order chi connectivity index (χ1) is 8.84. The van der Waals surface area contributed by atoms with Crippen LogP contribution < -0.4 is 5.56 Å². The van der Waals surface area contributed by atoms with E-state index >= 15 is 0 Å². The fourth-order valence-electron chi connectivity index (χ4n) is 2.46. The van der Waals surface area contributed by atoms with Crippen LogP contribution in [0.15, 0.2) is 27.6 Å². The molecule has 94 valence electrons. The molecule has 5 heteroatoms. The van der Waals surface area contributed by atoms with E-state index in [2.05, 4.69) is 15.1 Å². The lowest BCUT2D eigenvalue weighted by molar-refractivity contribution is 0.385. The molecule has 0 bridgehead atoms. The number of aromatic nitrogens is 3. The minimum Gasteiger partial charge on any atom is -0.334 e. The fourth-order valence-corrected chi connectivity index (χ4v) is 2.46. The summed E-state index contributed by atoms with van der Waals surface area (Å²) in [5.74, 6) is 1.45. The molecule has 2 aromatic rings. The Balaban J connectivity index is 1.89. The SMILES string of the molecule is O=c1[nH]cccc1-c1nc(C2CCCCC2)no1. The second-order valence-electron chi connectivity index (χ2n) is 4.71. The van der Waals surface area contributed by atoms with Crippen LogP contribution in [0.5, 0.6) is 0 Å². The zero-order valence-electron chi connectivity index (χ0n) is 10.1. The zero-order chi connectivity index (χ0) is 12.4. The molecule has 1 aliphatic carbocycles. The standard InChI is InChI=1S/C13H15N3O2/c17-12-10(7-4-8-14-12)13-15-11(16-18-13)9-5-2-1-3-6-9/h4,7-9H,1-3,5-6H2,(H,14,17). The highest BCUT2D eigenvalue weighted by molar-refractivity contribution is 5.50. The van der Waals surface area contributed by atoms with Crippen molar-refractivity contribution in [3.05, 3.63) is 34.5 Å². The largest absolute Gasteiger partial charge is 0.334 e. The van der Waals surface area contributed by atoms with Crippen LogP contribution in [-0.2, 0) is 0 Å². The minimum atomic E-state index is -0.198. The first kappa shape index (κ1) is 11.2. The van der Waals surface area contributed by atoms with E-state index in [0.717, 1.165) is 18.7 Å². The molecular weight excluding hydrogens is 230 g/mol. The van der Waals surface area contributed by atoms with Crippen LogP contribution in [0.25, 0.3) is 11.5 Å². The van der Waals surface area contributed by atoms with Crippen molar-refractivity contribution in [2.75, 3.05) is 0 Å². The van der Waals surface area contributed by atoms with Gasteiger partial charge in [0, 0.05) is 12.1 Å². The lowest BCUT2D eigenvalue weighted by Crippen LogP contribution is -2.08. The van der Waals surface area contributed by atoms with Crippen LogP contribution in [0.3, 0.4) is 0 Å². The van der Waals surface area contributed by atoms with Crippen molar-refractivity contribution in [2.24, 2.45) is 0 Å². The smallest absolute Gasteiger partial charge is 0.263 e. The molecule has 0 spiro atoms. The Hall–Kier alpha value is -1.91. The lowest BCUT2D eigenvalue weighted by atomic mass is 9.89. The summed E-state index contributed by atoms with van der Waals surface area (Å²) in [6.45, 7) is 0. The third kappa shape index (κ3) is 2.08. The number of pyridine rings is 1. The number of nitrogens with zero attached hydrogens (tertiary/aromatic N) is 2. The van der Waals surface area contributed by atoms with Gasteiger partial charge in [0.15, 0.2) is 5.82 Å². The number of aromatic amines is 1. The first-order valence-corrected chi connectivity index (χ1v) is 6.36. The van der Waals surface area contributed by atoms with Gasteiger partial charge in [-0.2, -0.15) is 4.98 Å². The molecule has 0 saturated heterocycles. The molecule has 1 fully saturated rings.